The molecule has 0 radical (unpaired) electrons. The predicted molar refractivity (Wildman–Crippen MR) is 102 cm³/mol. The lowest BCUT2D eigenvalue weighted by atomic mass is 9.93. The van der Waals surface area contributed by atoms with Crippen LogP contribution in [0.5, 0.6) is 0 Å². The summed E-state index contributed by atoms with van der Waals surface area (Å²) in [7, 11) is 0. The lowest BCUT2D eigenvalue weighted by Gasteiger charge is -2.32. The second-order valence-corrected chi connectivity index (χ2v) is 6.87. The van der Waals surface area contributed by atoms with Gasteiger partial charge in [-0.1, -0.05) is 6.07 Å². The first kappa shape index (κ1) is 18.9. The Morgan fingerprint density at radius 3 is 2.79 bits per heavy atom. The van der Waals surface area contributed by atoms with Gasteiger partial charge in [-0.05, 0) is 42.3 Å². The zero-order chi connectivity index (χ0) is 20.2. The van der Waals surface area contributed by atoms with Crippen LogP contribution in [0.3, 0.4) is 0 Å². The molecule has 8 heteroatoms. The third-order valence-corrected chi connectivity index (χ3v) is 4.94. The molecular formula is C21H21N3O5. The number of hydrogen-bond donors (Lipinski definition) is 2. The Hall–Kier alpha value is -3.39. The summed E-state index contributed by atoms with van der Waals surface area (Å²) in [5.74, 6) is -0.416. The molecule has 0 spiro atoms. The van der Waals surface area contributed by atoms with E-state index in [1.165, 1.54) is 12.5 Å². The number of aromatic nitrogens is 1. The van der Waals surface area contributed by atoms with Gasteiger partial charge in [-0.25, -0.2) is 0 Å². The molecule has 0 aromatic carbocycles. The van der Waals surface area contributed by atoms with Gasteiger partial charge in [0.15, 0.2) is 5.76 Å². The number of hydrogen-bond acceptors (Lipinski definition) is 6. The molecule has 1 aliphatic rings. The minimum absolute atomic E-state index is 0.204. The number of carbonyl (C=O) groups excluding carboxylic acids is 2. The number of rotatable bonds is 6. The van der Waals surface area contributed by atoms with Crippen molar-refractivity contribution in [2.24, 2.45) is 0 Å². The van der Waals surface area contributed by atoms with Crippen molar-refractivity contribution in [1.82, 2.24) is 15.2 Å². The summed E-state index contributed by atoms with van der Waals surface area (Å²) in [5.41, 5.74) is 1.49. The van der Waals surface area contributed by atoms with Crippen LogP contribution < -0.4 is 5.32 Å². The topological polar surface area (TPSA) is 109 Å². The maximum Gasteiger partial charge on any atom is 0.289 e. The van der Waals surface area contributed by atoms with Crippen LogP contribution in [0.15, 0.2) is 64.0 Å². The van der Waals surface area contributed by atoms with Crippen molar-refractivity contribution >= 4 is 11.8 Å². The Morgan fingerprint density at radius 2 is 2.03 bits per heavy atom. The van der Waals surface area contributed by atoms with Crippen molar-refractivity contribution in [1.29, 1.82) is 0 Å². The monoisotopic (exact) mass is 395 g/mol. The number of pyridine rings is 1. The van der Waals surface area contributed by atoms with Crippen LogP contribution in [0.4, 0.5) is 0 Å². The number of fused-ring (bicyclic) bond motifs is 1. The summed E-state index contributed by atoms with van der Waals surface area (Å²) in [6.45, 7) is 0.839. The Labute approximate surface area is 167 Å². The van der Waals surface area contributed by atoms with Crippen molar-refractivity contribution < 1.29 is 23.5 Å². The first-order valence-electron chi connectivity index (χ1n) is 9.39. The smallest absolute Gasteiger partial charge is 0.289 e. The van der Waals surface area contributed by atoms with Gasteiger partial charge in [0, 0.05) is 25.8 Å². The molecule has 0 bridgehead atoms. The molecule has 0 aliphatic carbocycles. The Kier molecular flexibility index (Phi) is 5.44. The zero-order valence-electron chi connectivity index (χ0n) is 15.7. The van der Waals surface area contributed by atoms with Crippen molar-refractivity contribution in [3.63, 3.8) is 0 Å². The van der Waals surface area contributed by atoms with Crippen LogP contribution in [-0.4, -0.2) is 39.9 Å². The van der Waals surface area contributed by atoms with E-state index < -0.39 is 12.0 Å². The summed E-state index contributed by atoms with van der Waals surface area (Å²) in [6.07, 6.45) is 4.10. The maximum atomic E-state index is 12.9. The van der Waals surface area contributed by atoms with Gasteiger partial charge in [-0.15, -0.1) is 0 Å². The molecule has 29 heavy (non-hydrogen) atoms. The molecular weight excluding hydrogens is 374 g/mol. The fourth-order valence-corrected chi connectivity index (χ4v) is 3.47. The Balaban J connectivity index is 1.44. The van der Waals surface area contributed by atoms with E-state index in [0.717, 1.165) is 5.56 Å². The van der Waals surface area contributed by atoms with Gasteiger partial charge >= 0.3 is 0 Å². The van der Waals surface area contributed by atoms with Gasteiger partial charge in [0.2, 0.25) is 5.91 Å². The average Bonchev–Trinajstić information content (AvgIpc) is 3.46. The summed E-state index contributed by atoms with van der Waals surface area (Å²) < 4.78 is 10.4. The molecule has 3 aromatic rings. The summed E-state index contributed by atoms with van der Waals surface area (Å²) >= 11 is 0. The number of nitrogens with one attached hydrogen (secondary N) is 1. The maximum absolute atomic E-state index is 12.9. The van der Waals surface area contributed by atoms with Crippen molar-refractivity contribution in [3.8, 4) is 0 Å². The van der Waals surface area contributed by atoms with E-state index in [9.17, 15) is 14.7 Å². The highest BCUT2D eigenvalue weighted by atomic mass is 16.4. The van der Waals surface area contributed by atoms with Crippen molar-refractivity contribution in [2.75, 3.05) is 13.1 Å². The van der Waals surface area contributed by atoms with Crippen LogP contribution in [0.1, 0.15) is 46.0 Å². The fourth-order valence-electron chi connectivity index (χ4n) is 3.47. The molecule has 3 aromatic heterocycles. The van der Waals surface area contributed by atoms with Gasteiger partial charge in [0.25, 0.3) is 5.91 Å². The number of nitrogens with zero attached hydrogens (tertiary/aromatic N) is 2. The van der Waals surface area contributed by atoms with E-state index in [4.69, 9.17) is 8.83 Å². The van der Waals surface area contributed by atoms with Gasteiger partial charge in [0.05, 0.1) is 24.1 Å². The zero-order valence-corrected chi connectivity index (χ0v) is 15.7. The first-order chi connectivity index (χ1) is 14.1. The molecule has 2 unspecified atom stereocenters. The van der Waals surface area contributed by atoms with E-state index in [1.54, 1.807) is 41.4 Å². The Bertz CT molecular complexity index is 968. The summed E-state index contributed by atoms with van der Waals surface area (Å²) in [6, 6.07) is 10.3. The average molecular weight is 395 g/mol. The molecule has 2 amide bonds. The molecule has 4 rings (SSSR count). The van der Waals surface area contributed by atoms with Crippen LogP contribution >= 0.6 is 0 Å². The largest absolute Gasteiger partial charge is 0.467 e. The van der Waals surface area contributed by atoms with Gasteiger partial charge in [-0.3, -0.25) is 14.6 Å². The molecule has 0 saturated carbocycles. The third-order valence-electron chi connectivity index (χ3n) is 4.94. The number of furan rings is 2. The molecule has 0 saturated heterocycles. The second kappa shape index (κ2) is 8.32. The lowest BCUT2D eigenvalue weighted by molar-refractivity contribution is -0.123. The van der Waals surface area contributed by atoms with Crippen molar-refractivity contribution in [3.05, 3.63) is 77.9 Å². The quantitative estimate of drug-likeness (QED) is 0.663. The minimum Gasteiger partial charge on any atom is -0.467 e. The predicted octanol–water partition coefficient (Wildman–Crippen LogP) is 2.25. The fraction of sp³-hybridized carbons (Fsp3) is 0.286. The summed E-state index contributed by atoms with van der Waals surface area (Å²) in [4.78, 5) is 31.5. The van der Waals surface area contributed by atoms with E-state index in [1.807, 2.05) is 6.07 Å². The standard InChI is InChI=1S/C21H21N3O5/c25-16(17-5-2-10-28-17)7-9-23-20(26)15-13-24(21(27)18-6-3-11-29-18)12-14-4-1-8-22-19(14)15/h1-6,8,10-11,15-16,25H,7,9,12-13H2,(H,23,26). The van der Waals surface area contributed by atoms with Crippen LogP contribution in [0, 0.1) is 0 Å². The summed E-state index contributed by atoms with van der Waals surface area (Å²) in [5, 5.41) is 12.9. The highest BCUT2D eigenvalue weighted by Crippen LogP contribution is 2.28. The molecule has 8 nitrogen and oxygen atoms in total. The number of aliphatic hydroxyl groups is 1. The molecule has 0 fully saturated rings. The minimum atomic E-state index is -0.793. The molecule has 4 heterocycles. The molecule has 150 valence electrons. The third kappa shape index (κ3) is 4.07. The number of carbonyl (C=O) groups is 2. The van der Waals surface area contributed by atoms with E-state index in [2.05, 4.69) is 10.3 Å². The molecule has 2 N–H and O–H groups in total. The lowest BCUT2D eigenvalue weighted by Crippen LogP contribution is -2.44. The van der Waals surface area contributed by atoms with E-state index in [0.29, 0.717) is 24.4 Å². The van der Waals surface area contributed by atoms with Gasteiger partial charge in [-0.2, -0.15) is 0 Å². The highest BCUT2D eigenvalue weighted by molar-refractivity contribution is 5.93. The normalized spacial score (nSPS) is 16.9. The number of aliphatic hydroxyl groups excluding tert-OH is 1. The van der Waals surface area contributed by atoms with E-state index in [-0.39, 0.29) is 30.7 Å². The Morgan fingerprint density at radius 1 is 1.21 bits per heavy atom. The van der Waals surface area contributed by atoms with Crippen LogP contribution in [-0.2, 0) is 11.3 Å². The van der Waals surface area contributed by atoms with E-state index >= 15 is 0 Å². The highest BCUT2D eigenvalue weighted by Gasteiger charge is 2.34. The molecule has 2 atom stereocenters. The van der Waals surface area contributed by atoms with Crippen molar-refractivity contribution in [2.45, 2.75) is 25.0 Å². The molecule has 1 aliphatic heterocycles. The van der Waals surface area contributed by atoms with Gasteiger partial charge in [0.1, 0.15) is 11.9 Å². The van der Waals surface area contributed by atoms with Gasteiger partial charge < -0.3 is 24.2 Å². The second-order valence-electron chi connectivity index (χ2n) is 6.87. The SMILES string of the molecule is O=C(NCCC(O)c1ccco1)C1CN(C(=O)c2ccco2)Cc2cccnc21. The first-order valence-corrected chi connectivity index (χ1v) is 9.39. The van der Waals surface area contributed by atoms with Crippen LogP contribution in [0.25, 0.3) is 0 Å². The van der Waals surface area contributed by atoms with Crippen LogP contribution in [0.2, 0.25) is 0 Å². The number of amides is 2.